The van der Waals surface area contributed by atoms with Gasteiger partial charge in [-0.05, 0) is 63.7 Å². The fourth-order valence-electron chi connectivity index (χ4n) is 6.51. The van der Waals surface area contributed by atoms with E-state index in [9.17, 15) is 0 Å². The van der Waals surface area contributed by atoms with E-state index in [0.29, 0.717) is 88.3 Å². The Labute approximate surface area is 238 Å². The number of rotatable bonds is 16. The molecule has 8 heterocycles. The lowest BCUT2D eigenvalue weighted by atomic mass is 9.77. The molecule has 13 heteroatoms. The van der Waals surface area contributed by atoms with E-state index in [4.69, 9.17) is 23.7 Å². The van der Waals surface area contributed by atoms with Crippen molar-refractivity contribution < 1.29 is 23.7 Å². The molecule has 2 aromatic rings. The van der Waals surface area contributed by atoms with Crippen molar-refractivity contribution in [2.75, 3.05) is 92.1 Å². The Balaban J connectivity index is 0.770. The number of hydrogen-bond acceptors (Lipinski definition) is 13. The van der Waals surface area contributed by atoms with Crippen LogP contribution in [0.4, 0.5) is 0 Å². The summed E-state index contributed by atoms with van der Waals surface area (Å²) in [6, 6.07) is 0. The molecule has 0 amide bonds. The third kappa shape index (κ3) is 7.06. The van der Waals surface area contributed by atoms with E-state index in [1.165, 1.54) is 75.3 Å². The standard InChI is InChI=1S/C26H40N6O5S2/c1-5-31-6-2-19(1)21(17-31)23-25(29-38-27-23)36-15-13-34-11-9-33-10-12-35-14-16-37-26-24(28-39-30-26)22-18-32-7-3-20(22)4-8-32/h19-22H,1-18H2/t21-,22-/m0/s1. The second-order valence-corrected chi connectivity index (χ2v) is 12.0. The maximum atomic E-state index is 5.91. The summed E-state index contributed by atoms with van der Waals surface area (Å²) in [6.45, 7) is 11.1. The molecule has 0 N–H and O–H groups in total. The molecule has 6 fully saturated rings. The number of ether oxygens (including phenoxy) is 5. The highest BCUT2D eigenvalue weighted by Crippen LogP contribution is 2.42. The lowest BCUT2D eigenvalue weighted by Gasteiger charge is -2.44. The summed E-state index contributed by atoms with van der Waals surface area (Å²) in [5.41, 5.74) is 2.09. The minimum atomic E-state index is 0.459. The lowest BCUT2D eigenvalue weighted by molar-refractivity contribution is 0.00433. The van der Waals surface area contributed by atoms with Gasteiger partial charge in [0.15, 0.2) is 0 Å². The van der Waals surface area contributed by atoms with E-state index in [-0.39, 0.29) is 0 Å². The predicted octanol–water partition coefficient (Wildman–Crippen LogP) is 2.52. The topological polar surface area (TPSA) is 104 Å². The van der Waals surface area contributed by atoms with Crippen LogP contribution < -0.4 is 9.47 Å². The van der Waals surface area contributed by atoms with Gasteiger partial charge in [0, 0.05) is 24.9 Å². The van der Waals surface area contributed by atoms with Gasteiger partial charge in [-0.2, -0.15) is 8.75 Å². The second kappa shape index (κ2) is 13.9. The van der Waals surface area contributed by atoms with Crippen molar-refractivity contribution >= 4 is 23.5 Å². The van der Waals surface area contributed by atoms with Crippen LogP contribution in [-0.2, 0) is 14.2 Å². The Bertz CT molecular complexity index is 932. The van der Waals surface area contributed by atoms with E-state index in [2.05, 4.69) is 27.3 Å². The van der Waals surface area contributed by atoms with Gasteiger partial charge in [0.1, 0.15) is 24.6 Å². The molecule has 11 nitrogen and oxygen atoms in total. The first-order valence-corrected chi connectivity index (χ1v) is 15.9. The molecule has 39 heavy (non-hydrogen) atoms. The molecule has 216 valence electrons. The van der Waals surface area contributed by atoms with Crippen LogP contribution in [0.3, 0.4) is 0 Å². The van der Waals surface area contributed by atoms with Crippen LogP contribution in [-0.4, -0.2) is 119 Å². The molecule has 0 saturated carbocycles. The van der Waals surface area contributed by atoms with Gasteiger partial charge in [-0.1, -0.05) is 0 Å². The average Bonchev–Trinajstić information content (AvgIpc) is 3.66. The number of hydrogen-bond donors (Lipinski definition) is 0. The molecule has 8 rings (SSSR count). The number of aromatic nitrogens is 4. The molecular formula is C26H40N6O5S2. The predicted molar refractivity (Wildman–Crippen MR) is 147 cm³/mol. The summed E-state index contributed by atoms with van der Waals surface area (Å²) >= 11 is 2.50. The van der Waals surface area contributed by atoms with Crippen LogP contribution >= 0.6 is 23.5 Å². The first kappa shape index (κ1) is 27.7. The Kier molecular flexibility index (Phi) is 9.88. The zero-order chi connectivity index (χ0) is 26.3. The second-order valence-electron chi connectivity index (χ2n) is 10.9. The summed E-state index contributed by atoms with van der Waals surface area (Å²) in [7, 11) is 0. The highest BCUT2D eigenvalue weighted by atomic mass is 32.1. The van der Waals surface area contributed by atoms with Crippen molar-refractivity contribution in [2.24, 2.45) is 11.8 Å². The van der Waals surface area contributed by atoms with Crippen LogP contribution in [0, 0.1) is 11.8 Å². The molecule has 0 spiro atoms. The van der Waals surface area contributed by atoms with Crippen molar-refractivity contribution in [1.82, 2.24) is 27.3 Å². The van der Waals surface area contributed by atoms with E-state index in [0.717, 1.165) is 24.5 Å². The first-order chi connectivity index (χ1) is 19.3. The van der Waals surface area contributed by atoms with Gasteiger partial charge in [0.05, 0.1) is 63.1 Å². The third-order valence-electron chi connectivity index (χ3n) is 8.66. The van der Waals surface area contributed by atoms with Gasteiger partial charge in [-0.15, -0.1) is 8.75 Å². The van der Waals surface area contributed by atoms with Crippen LogP contribution in [0.25, 0.3) is 0 Å². The molecule has 0 aromatic carbocycles. The molecule has 6 aliphatic rings. The number of nitrogens with zero attached hydrogens (tertiary/aromatic N) is 6. The van der Waals surface area contributed by atoms with Crippen LogP contribution in [0.2, 0.25) is 0 Å². The SMILES string of the molecule is C(COCCOc1nsnc1[C@H]1CN2CCC1CC2)OCCOCCOc1nsnc1[C@H]1CN2CCC1CC2. The number of piperidine rings is 6. The van der Waals surface area contributed by atoms with E-state index in [1.54, 1.807) is 0 Å². The van der Waals surface area contributed by atoms with Crippen LogP contribution in [0.1, 0.15) is 48.9 Å². The summed E-state index contributed by atoms with van der Waals surface area (Å²) in [5.74, 6) is 3.74. The maximum absolute atomic E-state index is 5.91. The zero-order valence-electron chi connectivity index (χ0n) is 22.6. The molecule has 6 saturated heterocycles. The van der Waals surface area contributed by atoms with E-state index >= 15 is 0 Å². The summed E-state index contributed by atoms with van der Waals surface area (Å²) in [5, 5.41) is 0. The van der Waals surface area contributed by atoms with Crippen molar-refractivity contribution in [3.63, 3.8) is 0 Å². The molecule has 0 aliphatic carbocycles. The molecule has 0 unspecified atom stereocenters. The summed E-state index contributed by atoms with van der Waals surface area (Å²) in [6.07, 6.45) is 5.03. The van der Waals surface area contributed by atoms with Crippen LogP contribution in [0.5, 0.6) is 11.8 Å². The molecule has 2 aromatic heterocycles. The lowest BCUT2D eigenvalue weighted by Crippen LogP contribution is -2.46. The van der Waals surface area contributed by atoms with E-state index in [1.807, 2.05) is 0 Å². The van der Waals surface area contributed by atoms with E-state index < -0.39 is 0 Å². The van der Waals surface area contributed by atoms with Crippen LogP contribution in [0.15, 0.2) is 0 Å². The fraction of sp³-hybridized carbons (Fsp3) is 0.846. The fourth-order valence-corrected chi connectivity index (χ4v) is 7.64. The van der Waals surface area contributed by atoms with Crippen molar-refractivity contribution in [2.45, 2.75) is 37.5 Å². The van der Waals surface area contributed by atoms with Crippen molar-refractivity contribution in [3.8, 4) is 11.8 Å². The van der Waals surface area contributed by atoms with Crippen molar-refractivity contribution in [1.29, 1.82) is 0 Å². The highest BCUT2D eigenvalue weighted by molar-refractivity contribution is 6.99. The maximum Gasteiger partial charge on any atom is 0.249 e. The quantitative estimate of drug-likeness (QED) is 0.274. The van der Waals surface area contributed by atoms with Gasteiger partial charge in [0.25, 0.3) is 0 Å². The summed E-state index contributed by atoms with van der Waals surface area (Å²) in [4.78, 5) is 5.06. The van der Waals surface area contributed by atoms with Gasteiger partial charge >= 0.3 is 0 Å². The van der Waals surface area contributed by atoms with Gasteiger partial charge in [0.2, 0.25) is 11.8 Å². The van der Waals surface area contributed by atoms with Gasteiger partial charge < -0.3 is 33.5 Å². The highest BCUT2D eigenvalue weighted by Gasteiger charge is 2.39. The third-order valence-corrected chi connectivity index (χ3v) is 9.71. The Morgan fingerprint density at radius 1 is 0.538 bits per heavy atom. The largest absolute Gasteiger partial charge is 0.473 e. The molecule has 4 bridgehead atoms. The normalized spacial score (nSPS) is 29.6. The summed E-state index contributed by atoms with van der Waals surface area (Å²) < 4.78 is 46.7. The van der Waals surface area contributed by atoms with Gasteiger partial charge in [-0.25, -0.2) is 0 Å². The van der Waals surface area contributed by atoms with Gasteiger partial charge in [-0.3, -0.25) is 0 Å². The Hall–Kier alpha value is -1.48. The first-order valence-electron chi connectivity index (χ1n) is 14.4. The minimum Gasteiger partial charge on any atom is -0.473 e. The molecule has 6 aliphatic heterocycles. The molecule has 2 atom stereocenters. The monoisotopic (exact) mass is 580 g/mol. The zero-order valence-corrected chi connectivity index (χ0v) is 24.2. The average molecular weight is 581 g/mol. The smallest absolute Gasteiger partial charge is 0.249 e. The molecule has 0 radical (unpaired) electrons. The minimum absolute atomic E-state index is 0.459. The Morgan fingerprint density at radius 3 is 1.28 bits per heavy atom. The molecular weight excluding hydrogens is 540 g/mol. The van der Waals surface area contributed by atoms with Crippen molar-refractivity contribution in [3.05, 3.63) is 11.4 Å². The Morgan fingerprint density at radius 2 is 0.923 bits per heavy atom. The number of fused-ring (bicyclic) bond motifs is 6.